The number of ether oxygens (including phenoxy) is 2. The minimum Gasteiger partial charge on any atom is -0.486 e. The summed E-state index contributed by atoms with van der Waals surface area (Å²) in [6, 6.07) is 15.4. The van der Waals surface area contributed by atoms with E-state index in [9.17, 15) is 9.90 Å². The van der Waals surface area contributed by atoms with Crippen molar-refractivity contribution in [3.05, 3.63) is 65.2 Å². The molecule has 0 aliphatic carbocycles. The molecule has 1 aliphatic heterocycles. The van der Waals surface area contributed by atoms with Crippen LogP contribution in [0.3, 0.4) is 0 Å². The third-order valence-corrected chi connectivity index (χ3v) is 4.82. The first-order chi connectivity index (χ1) is 12.5. The van der Waals surface area contributed by atoms with Gasteiger partial charge in [-0.2, -0.15) is 0 Å². The maximum absolute atomic E-state index is 12.4. The molecule has 2 aromatic rings. The summed E-state index contributed by atoms with van der Waals surface area (Å²) in [6.45, 7) is 5.02. The number of piperidine rings is 1. The SMILES string of the molecule is Cc1cccc(OC2CN(C(=O)OCc3ccccc3)CCC2O)c1C. The summed E-state index contributed by atoms with van der Waals surface area (Å²) >= 11 is 0. The Morgan fingerprint density at radius 1 is 1.15 bits per heavy atom. The van der Waals surface area contributed by atoms with E-state index >= 15 is 0 Å². The zero-order valence-corrected chi connectivity index (χ0v) is 15.2. The molecule has 5 nitrogen and oxygen atoms in total. The van der Waals surface area contributed by atoms with Crippen LogP contribution in [0.2, 0.25) is 0 Å². The van der Waals surface area contributed by atoms with E-state index in [-0.39, 0.29) is 12.7 Å². The molecule has 5 heteroatoms. The quantitative estimate of drug-likeness (QED) is 0.913. The molecule has 2 atom stereocenters. The number of carbonyl (C=O) groups is 1. The second-order valence-corrected chi connectivity index (χ2v) is 6.70. The van der Waals surface area contributed by atoms with Crippen LogP contribution in [-0.4, -0.2) is 41.4 Å². The molecule has 0 spiro atoms. The second-order valence-electron chi connectivity index (χ2n) is 6.70. The number of aryl methyl sites for hydroxylation is 1. The summed E-state index contributed by atoms with van der Waals surface area (Å²) in [7, 11) is 0. The molecule has 0 bridgehead atoms. The lowest BCUT2D eigenvalue weighted by Gasteiger charge is -2.35. The minimum absolute atomic E-state index is 0.237. The molecule has 2 unspecified atom stereocenters. The maximum atomic E-state index is 12.4. The van der Waals surface area contributed by atoms with E-state index in [4.69, 9.17) is 9.47 Å². The van der Waals surface area contributed by atoms with Crippen molar-refractivity contribution in [1.29, 1.82) is 0 Å². The van der Waals surface area contributed by atoms with Gasteiger partial charge in [0.1, 0.15) is 18.5 Å². The molecule has 0 saturated carbocycles. The van der Waals surface area contributed by atoms with Crippen molar-refractivity contribution in [3.8, 4) is 5.75 Å². The van der Waals surface area contributed by atoms with E-state index in [2.05, 4.69) is 0 Å². The fourth-order valence-corrected chi connectivity index (χ4v) is 3.01. The topological polar surface area (TPSA) is 59.0 Å². The molecule has 1 fully saturated rings. The molecule has 3 rings (SSSR count). The Kier molecular flexibility index (Phi) is 5.78. The van der Waals surface area contributed by atoms with Crippen LogP contribution in [0.15, 0.2) is 48.5 Å². The van der Waals surface area contributed by atoms with E-state index < -0.39 is 12.2 Å². The van der Waals surface area contributed by atoms with Crippen LogP contribution in [0.25, 0.3) is 0 Å². The average Bonchev–Trinajstić information content (AvgIpc) is 2.66. The molecule has 0 radical (unpaired) electrons. The van der Waals surface area contributed by atoms with E-state index in [0.717, 1.165) is 22.4 Å². The van der Waals surface area contributed by atoms with Gasteiger partial charge in [-0.05, 0) is 43.0 Å². The molecule has 1 N–H and O–H groups in total. The number of likely N-dealkylation sites (tertiary alicyclic amines) is 1. The highest BCUT2D eigenvalue weighted by molar-refractivity contribution is 5.67. The van der Waals surface area contributed by atoms with Crippen molar-refractivity contribution < 1.29 is 19.4 Å². The molecule has 1 saturated heterocycles. The molecule has 138 valence electrons. The Morgan fingerprint density at radius 3 is 2.69 bits per heavy atom. The van der Waals surface area contributed by atoms with Crippen LogP contribution in [0.4, 0.5) is 4.79 Å². The van der Waals surface area contributed by atoms with Gasteiger partial charge in [-0.1, -0.05) is 42.5 Å². The van der Waals surface area contributed by atoms with Crippen LogP contribution in [0.5, 0.6) is 5.75 Å². The highest BCUT2D eigenvalue weighted by atomic mass is 16.6. The van der Waals surface area contributed by atoms with Gasteiger partial charge in [0.05, 0.1) is 12.6 Å². The highest BCUT2D eigenvalue weighted by Crippen LogP contribution is 2.25. The van der Waals surface area contributed by atoms with Gasteiger partial charge in [-0.3, -0.25) is 0 Å². The normalized spacial score (nSPS) is 19.9. The van der Waals surface area contributed by atoms with Crippen molar-refractivity contribution in [2.75, 3.05) is 13.1 Å². The number of benzene rings is 2. The number of hydrogen-bond donors (Lipinski definition) is 1. The number of amides is 1. The fraction of sp³-hybridized carbons (Fsp3) is 0.381. The Balaban J connectivity index is 1.60. The summed E-state index contributed by atoms with van der Waals surface area (Å²) in [6.07, 6.45) is -0.979. The Bertz CT molecular complexity index is 747. The lowest BCUT2D eigenvalue weighted by molar-refractivity contribution is -0.0247. The first-order valence-corrected chi connectivity index (χ1v) is 8.91. The Labute approximate surface area is 154 Å². The van der Waals surface area contributed by atoms with Crippen LogP contribution in [0.1, 0.15) is 23.1 Å². The lowest BCUT2D eigenvalue weighted by atomic mass is 10.0. The van der Waals surface area contributed by atoms with Crippen LogP contribution < -0.4 is 4.74 Å². The number of nitrogens with zero attached hydrogens (tertiary/aromatic N) is 1. The van der Waals surface area contributed by atoms with Gasteiger partial charge in [-0.25, -0.2) is 4.79 Å². The molecule has 26 heavy (non-hydrogen) atoms. The number of aliphatic hydroxyl groups excluding tert-OH is 1. The molecule has 1 amide bonds. The van der Waals surface area contributed by atoms with Crippen molar-refractivity contribution >= 4 is 6.09 Å². The van der Waals surface area contributed by atoms with E-state index in [0.29, 0.717) is 19.5 Å². The average molecular weight is 355 g/mol. The maximum Gasteiger partial charge on any atom is 0.410 e. The van der Waals surface area contributed by atoms with Gasteiger partial charge >= 0.3 is 6.09 Å². The summed E-state index contributed by atoms with van der Waals surface area (Å²) in [5, 5.41) is 10.3. The van der Waals surface area contributed by atoms with Crippen molar-refractivity contribution in [3.63, 3.8) is 0 Å². The number of hydrogen-bond acceptors (Lipinski definition) is 4. The molecule has 0 aromatic heterocycles. The first-order valence-electron chi connectivity index (χ1n) is 8.91. The highest BCUT2D eigenvalue weighted by Gasteiger charge is 2.32. The molecule has 1 heterocycles. The van der Waals surface area contributed by atoms with Crippen LogP contribution in [0, 0.1) is 13.8 Å². The van der Waals surface area contributed by atoms with Crippen LogP contribution in [-0.2, 0) is 11.3 Å². The first kappa shape index (κ1) is 18.3. The predicted octanol–water partition coefficient (Wildman–Crippen LogP) is 3.45. The predicted molar refractivity (Wildman–Crippen MR) is 99.2 cm³/mol. The molecular formula is C21H25NO4. The van der Waals surface area contributed by atoms with E-state index in [1.165, 1.54) is 0 Å². The number of carbonyl (C=O) groups excluding carboxylic acids is 1. The number of rotatable bonds is 4. The second kappa shape index (κ2) is 8.23. The minimum atomic E-state index is -0.604. The van der Waals surface area contributed by atoms with Crippen molar-refractivity contribution in [2.24, 2.45) is 0 Å². The summed E-state index contributed by atoms with van der Waals surface area (Å²) < 4.78 is 11.4. The third kappa shape index (κ3) is 4.35. The largest absolute Gasteiger partial charge is 0.486 e. The molecular weight excluding hydrogens is 330 g/mol. The van der Waals surface area contributed by atoms with Crippen molar-refractivity contribution in [2.45, 2.75) is 39.1 Å². The van der Waals surface area contributed by atoms with Gasteiger partial charge in [0.15, 0.2) is 0 Å². The zero-order valence-electron chi connectivity index (χ0n) is 15.2. The Hall–Kier alpha value is -2.53. The van der Waals surface area contributed by atoms with Gasteiger partial charge in [0, 0.05) is 6.54 Å². The van der Waals surface area contributed by atoms with E-state index in [1.54, 1.807) is 4.90 Å². The molecule has 1 aliphatic rings. The lowest BCUT2D eigenvalue weighted by Crippen LogP contribution is -2.51. The summed E-state index contributed by atoms with van der Waals surface area (Å²) in [5.74, 6) is 0.744. The van der Waals surface area contributed by atoms with Gasteiger partial charge in [0.25, 0.3) is 0 Å². The van der Waals surface area contributed by atoms with E-state index in [1.807, 2.05) is 62.4 Å². The zero-order chi connectivity index (χ0) is 18.5. The van der Waals surface area contributed by atoms with Gasteiger partial charge in [0.2, 0.25) is 0 Å². The third-order valence-electron chi connectivity index (χ3n) is 4.82. The fourth-order valence-electron chi connectivity index (χ4n) is 3.01. The smallest absolute Gasteiger partial charge is 0.410 e. The summed E-state index contributed by atoms with van der Waals surface area (Å²) in [4.78, 5) is 14.0. The monoisotopic (exact) mass is 355 g/mol. The standard InChI is InChI=1S/C21H25NO4/c1-15-7-6-10-19(16(15)2)26-20-13-22(12-11-18(20)23)21(24)25-14-17-8-4-3-5-9-17/h3-10,18,20,23H,11-14H2,1-2H3. The van der Waals surface area contributed by atoms with Crippen molar-refractivity contribution in [1.82, 2.24) is 4.90 Å². The van der Waals surface area contributed by atoms with Crippen LogP contribution >= 0.6 is 0 Å². The summed E-state index contributed by atoms with van der Waals surface area (Å²) in [5.41, 5.74) is 3.12. The number of aliphatic hydroxyl groups is 1. The van der Waals surface area contributed by atoms with Gasteiger partial charge < -0.3 is 19.5 Å². The Morgan fingerprint density at radius 2 is 1.92 bits per heavy atom. The van der Waals surface area contributed by atoms with Gasteiger partial charge in [-0.15, -0.1) is 0 Å². The molecule has 2 aromatic carbocycles.